The molecule has 9 heteroatoms. The average molecular weight is 451 g/mol. The van der Waals surface area contributed by atoms with Gasteiger partial charge in [-0.1, -0.05) is 30.3 Å². The van der Waals surface area contributed by atoms with Gasteiger partial charge >= 0.3 is 0 Å². The van der Waals surface area contributed by atoms with Crippen molar-refractivity contribution < 1.29 is 21.6 Å². The Balaban J connectivity index is 1.53. The van der Waals surface area contributed by atoms with Crippen LogP contribution < -0.4 is 0 Å². The molecule has 2 heterocycles. The summed E-state index contributed by atoms with van der Waals surface area (Å²) in [5.41, 5.74) is 1.14. The van der Waals surface area contributed by atoms with Crippen molar-refractivity contribution in [2.75, 3.05) is 39.4 Å². The van der Waals surface area contributed by atoms with Crippen molar-refractivity contribution in [1.82, 2.24) is 8.61 Å². The molecule has 30 heavy (non-hydrogen) atoms. The molecule has 0 aromatic heterocycles. The Labute approximate surface area is 178 Å². The predicted molar refractivity (Wildman–Crippen MR) is 113 cm³/mol. The fourth-order valence-corrected chi connectivity index (χ4v) is 6.96. The topological polar surface area (TPSA) is 84.0 Å². The van der Waals surface area contributed by atoms with Crippen molar-refractivity contribution in [2.24, 2.45) is 0 Å². The van der Waals surface area contributed by atoms with Gasteiger partial charge < -0.3 is 4.74 Å². The van der Waals surface area contributed by atoms with Gasteiger partial charge in [-0.05, 0) is 48.6 Å². The lowest BCUT2D eigenvalue weighted by Crippen LogP contribution is -2.40. The minimum atomic E-state index is -3.69. The van der Waals surface area contributed by atoms with E-state index in [9.17, 15) is 16.8 Å². The van der Waals surface area contributed by atoms with Crippen LogP contribution in [0, 0.1) is 0 Å². The minimum absolute atomic E-state index is 0.101. The van der Waals surface area contributed by atoms with Crippen LogP contribution in [0.5, 0.6) is 0 Å². The first-order chi connectivity index (χ1) is 14.4. The highest BCUT2D eigenvalue weighted by atomic mass is 32.2. The van der Waals surface area contributed by atoms with Gasteiger partial charge in [-0.3, -0.25) is 0 Å². The standard InChI is InChI=1S/C21H26N2O5S2/c24-29(25,22-13-15-28-16-14-22)20-8-10-21(11-9-20)30(26,27)23-12-4-7-19(17-23)18-5-2-1-3-6-18/h1-3,5-6,8-11,19H,4,7,12-17H2/t19-/m0/s1. The molecular weight excluding hydrogens is 424 g/mol. The van der Waals surface area contributed by atoms with E-state index < -0.39 is 20.0 Å². The Hall–Kier alpha value is -1.78. The van der Waals surface area contributed by atoms with Crippen molar-refractivity contribution in [2.45, 2.75) is 28.6 Å². The zero-order valence-corrected chi connectivity index (χ0v) is 18.3. The predicted octanol–water partition coefficient (Wildman–Crippen LogP) is 2.28. The van der Waals surface area contributed by atoms with Crippen LogP contribution in [-0.4, -0.2) is 64.8 Å². The third-order valence-electron chi connectivity index (χ3n) is 5.72. The molecule has 0 bridgehead atoms. The molecule has 0 radical (unpaired) electrons. The quantitative estimate of drug-likeness (QED) is 0.698. The molecule has 0 unspecified atom stereocenters. The van der Waals surface area contributed by atoms with Crippen molar-refractivity contribution in [3.8, 4) is 0 Å². The van der Waals surface area contributed by atoms with Crippen LogP contribution in [0.3, 0.4) is 0 Å². The fraction of sp³-hybridized carbons (Fsp3) is 0.429. The van der Waals surface area contributed by atoms with Crippen LogP contribution in [0.2, 0.25) is 0 Å². The number of hydrogen-bond donors (Lipinski definition) is 0. The first kappa shape index (κ1) is 21.5. The summed E-state index contributed by atoms with van der Waals surface area (Å²) in [6, 6.07) is 15.5. The van der Waals surface area contributed by atoms with Crippen molar-refractivity contribution in [1.29, 1.82) is 0 Å². The molecule has 2 aromatic rings. The Morgan fingerprint density at radius 3 is 1.90 bits per heavy atom. The molecule has 0 saturated carbocycles. The number of sulfonamides is 2. The van der Waals surface area contributed by atoms with Gasteiger partial charge in [0.05, 0.1) is 23.0 Å². The molecule has 2 saturated heterocycles. The summed E-state index contributed by atoms with van der Waals surface area (Å²) in [4.78, 5) is 0.223. The van der Waals surface area contributed by atoms with E-state index in [1.165, 1.54) is 32.9 Å². The molecular formula is C21H26N2O5S2. The maximum absolute atomic E-state index is 13.2. The van der Waals surface area contributed by atoms with E-state index in [1.54, 1.807) is 0 Å². The number of piperidine rings is 1. The summed E-state index contributed by atoms with van der Waals surface area (Å²) in [6.07, 6.45) is 1.75. The van der Waals surface area contributed by atoms with Gasteiger partial charge in [0.2, 0.25) is 20.0 Å². The molecule has 7 nitrogen and oxygen atoms in total. The summed E-state index contributed by atoms with van der Waals surface area (Å²) >= 11 is 0. The SMILES string of the molecule is O=S(=O)(c1ccc(S(=O)(=O)N2CCC[C@H](c3ccccc3)C2)cc1)N1CCOCC1. The van der Waals surface area contributed by atoms with Crippen LogP contribution in [0.4, 0.5) is 0 Å². The van der Waals surface area contributed by atoms with Gasteiger partial charge in [0.15, 0.2) is 0 Å². The third-order valence-corrected chi connectivity index (χ3v) is 9.52. The van der Waals surface area contributed by atoms with Crippen molar-refractivity contribution in [3.63, 3.8) is 0 Å². The van der Waals surface area contributed by atoms with Gasteiger partial charge in [0.25, 0.3) is 0 Å². The maximum atomic E-state index is 13.2. The van der Waals surface area contributed by atoms with Gasteiger partial charge in [-0.15, -0.1) is 0 Å². The summed E-state index contributed by atoms with van der Waals surface area (Å²) in [6.45, 7) is 2.24. The largest absolute Gasteiger partial charge is 0.379 e. The molecule has 2 aliphatic heterocycles. The minimum Gasteiger partial charge on any atom is -0.379 e. The number of ether oxygens (including phenoxy) is 1. The molecule has 4 rings (SSSR count). The van der Waals surface area contributed by atoms with Gasteiger partial charge in [-0.2, -0.15) is 8.61 Å². The number of rotatable bonds is 5. The Morgan fingerprint density at radius 2 is 1.30 bits per heavy atom. The van der Waals surface area contributed by atoms with E-state index in [1.807, 2.05) is 30.3 Å². The lowest BCUT2D eigenvalue weighted by Gasteiger charge is -2.32. The average Bonchev–Trinajstić information content (AvgIpc) is 2.80. The van der Waals surface area contributed by atoms with Gasteiger partial charge in [0.1, 0.15) is 0 Å². The zero-order chi connectivity index (χ0) is 21.2. The summed E-state index contributed by atoms with van der Waals surface area (Å²) in [5, 5.41) is 0. The van der Waals surface area contributed by atoms with Crippen LogP contribution in [0.1, 0.15) is 24.3 Å². The lowest BCUT2D eigenvalue weighted by molar-refractivity contribution is 0.0730. The van der Waals surface area contributed by atoms with Gasteiger partial charge in [0, 0.05) is 26.2 Å². The maximum Gasteiger partial charge on any atom is 0.243 e. The summed E-state index contributed by atoms with van der Waals surface area (Å²) in [7, 11) is -7.33. The second-order valence-corrected chi connectivity index (χ2v) is 11.5. The van der Waals surface area contributed by atoms with Crippen molar-refractivity contribution >= 4 is 20.0 Å². The van der Waals surface area contributed by atoms with E-state index in [0.717, 1.165) is 18.4 Å². The molecule has 162 valence electrons. The highest BCUT2D eigenvalue weighted by Gasteiger charge is 2.32. The fourth-order valence-electron chi connectivity index (χ4n) is 4.03. The van der Waals surface area contributed by atoms with Crippen LogP contribution in [0.25, 0.3) is 0 Å². The van der Waals surface area contributed by atoms with Crippen molar-refractivity contribution in [3.05, 3.63) is 60.2 Å². The summed E-state index contributed by atoms with van der Waals surface area (Å²) in [5.74, 6) is 0.163. The normalized spacial score (nSPS) is 22.1. The molecule has 2 fully saturated rings. The molecule has 2 aromatic carbocycles. The lowest BCUT2D eigenvalue weighted by atomic mass is 9.92. The molecule has 2 aliphatic rings. The Kier molecular flexibility index (Phi) is 6.26. The van der Waals surface area contributed by atoms with E-state index in [2.05, 4.69) is 0 Å². The number of morpholine rings is 1. The molecule has 0 spiro atoms. The highest BCUT2D eigenvalue weighted by Crippen LogP contribution is 2.30. The van der Waals surface area contributed by atoms with Gasteiger partial charge in [-0.25, -0.2) is 16.8 Å². The van der Waals surface area contributed by atoms with Crippen LogP contribution in [0.15, 0.2) is 64.4 Å². The second-order valence-electron chi connectivity index (χ2n) is 7.60. The highest BCUT2D eigenvalue weighted by molar-refractivity contribution is 7.89. The summed E-state index contributed by atoms with van der Waals surface area (Å²) < 4.78 is 60.0. The zero-order valence-electron chi connectivity index (χ0n) is 16.7. The van der Waals surface area contributed by atoms with E-state index >= 15 is 0 Å². The second kappa shape index (κ2) is 8.76. The first-order valence-corrected chi connectivity index (χ1v) is 13.0. The molecule has 0 amide bonds. The number of hydrogen-bond acceptors (Lipinski definition) is 5. The van der Waals surface area contributed by atoms with Crippen LogP contribution >= 0.6 is 0 Å². The Morgan fingerprint density at radius 1 is 0.733 bits per heavy atom. The molecule has 0 aliphatic carbocycles. The number of nitrogens with zero attached hydrogens (tertiary/aromatic N) is 2. The first-order valence-electron chi connectivity index (χ1n) is 10.1. The Bertz CT molecular complexity index is 1060. The monoisotopic (exact) mass is 450 g/mol. The van der Waals surface area contributed by atoms with Crippen LogP contribution in [-0.2, 0) is 24.8 Å². The van der Waals surface area contributed by atoms with E-state index in [0.29, 0.717) is 39.4 Å². The van der Waals surface area contributed by atoms with E-state index in [-0.39, 0.29) is 15.7 Å². The smallest absolute Gasteiger partial charge is 0.243 e. The number of benzene rings is 2. The molecule has 1 atom stereocenters. The molecule has 0 N–H and O–H groups in total. The third kappa shape index (κ3) is 4.31. The van der Waals surface area contributed by atoms with E-state index in [4.69, 9.17) is 4.74 Å².